The van der Waals surface area contributed by atoms with E-state index in [1.807, 2.05) is 0 Å². The highest BCUT2D eigenvalue weighted by atomic mass is 79.9. The molecule has 0 aliphatic heterocycles. The average Bonchev–Trinajstić information content (AvgIpc) is 2.26. The summed E-state index contributed by atoms with van der Waals surface area (Å²) < 4.78 is 5.51. The molecule has 16 heavy (non-hydrogen) atoms. The van der Waals surface area contributed by atoms with E-state index in [4.69, 9.17) is 4.74 Å². The molecular formula is C9H11BrN2O3S. The van der Waals surface area contributed by atoms with E-state index in [0.29, 0.717) is 16.1 Å². The Morgan fingerprint density at radius 3 is 3.06 bits per heavy atom. The molecule has 1 aromatic rings. The van der Waals surface area contributed by atoms with Gasteiger partial charge in [-0.25, -0.2) is 4.98 Å². The molecule has 0 spiro atoms. The van der Waals surface area contributed by atoms with Crippen LogP contribution in [0.4, 0.5) is 5.69 Å². The zero-order chi connectivity index (χ0) is 12.0. The van der Waals surface area contributed by atoms with Crippen LogP contribution in [-0.4, -0.2) is 29.4 Å². The van der Waals surface area contributed by atoms with Crippen LogP contribution in [0, 0.1) is 10.1 Å². The van der Waals surface area contributed by atoms with Crippen LogP contribution in [0.15, 0.2) is 21.8 Å². The van der Waals surface area contributed by atoms with Crippen molar-refractivity contribution in [1.82, 2.24) is 4.98 Å². The quantitative estimate of drug-likeness (QED) is 0.350. The molecule has 0 fully saturated rings. The number of halogens is 1. The second-order valence-electron chi connectivity index (χ2n) is 2.93. The van der Waals surface area contributed by atoms with Gasteiger partial charge in [0.1, 0.15) is 0 Å². The van der Waals surface area contributed by atoms with E-state index in [-0.39, 0.29) is 5.69 Å². The van der Waals surface area contributed by atoms with Gasteiger partial charge in [-0.05, 0) is 22.4 Å². The first-order valence-corrected chi connectivity index (χ1v) is 6.34. The summed E-state index contributed by atoms with van der Waals surface area (Å²) in [5, 5.41) is 11.2. The maximum absolute atomic E-state index is 10.8. The lowest BCUT2D eigenvalue weighted by Gasteiger charge is -2.02. The van der Waals surface area contributed by atoms with Crippen molar-refractivity contribution in [1.29, 1.82) is 0 Å². The van der Waals surface area contributed by atoms with Gasteiger partial charge in [-0.1, -0.05) is 11.8 Å². The van der Waals surface area contributed by atoms with E-state index in [1.165, 1.54) is 17.8 Å². The third-order valence-corrected chi connectivity index (χ3v) is 3.24. The number of methoxy groups -OCH3 is 1. The van der Waals surface area contributed by atoms with Crippen LogP contribution in [-0.2, 0) is 4.74 Å². The van der Waals surface area contributed by atoms with Gasteiger partial charge in [0.2, 0.25) is 0 Å². The summed E-state index contributed by atoms with van der Waals surface area (Å²) in [6.45, 7) is 0.650. The van der Waals surface area contributed by atoms with Crippen molar-refractivity contribution in [2.45, 2.75) is 11.4 Å². The number of nitro groups is 1. The molecule has 0 saturated carbocycles. The second-order valence-corrected chi connectivity index (χ2v) is 4.93. The maximum atomic E-state index is 10.8. The summed E-state index contributed by atoms with van der Waals surface area (Å²) in [5.41, 5.74) is 0.0387. The van der Waals surface area contributed by atoms with Crippen LogP contribution in [0.1, 0.15) is 6.42 Å². The molecule has 1 rings (SSSR count). The van der Waals surface area contributed by atoms with E-state index in [0.717, 1.165) is 12.2 Å². The fourth-order valence-electron chi connectivity index (χ4n) is 1.03. The van der Waals surface area contributed by atoms with Gasteiger partial charge in [0.05, 0.1) is 4.92 Å². The molecule has 88 valence electrons. The number of hydrogen-bond acceptors (Lipinski definition) is 5. The molecule has 0 aliphatic carbocycles. The van der Waals surface area contributed by atoms with E-state index < -0.39 is 4.92 Å². The molecule has 1 aromatic heterocycles. The number of nitrogens with zero attached hydrogens (tertiary/aromatic N) is 2. The predicted molar refractivity (Wildman–Crippen MR) is 65.8 cm³/mol. The summed E-state index contributed by atoms with van der Waals surface area (Å²) in [6, 6.07) is 1.46. The Kier molecular flexibility index (Phi) is 5.72. The smallest absolute Gasteiger partial charge is 0.302 e. The molecule has 0 radical (unpaired) electrons. The fourth-order valence-corrected chi connectivity index (χ4v) is 2.21. The molecular weight excluding hydrogens is 296 g/mol. The van der Waals surface area contributed by atoms with Gasteiger partial charge in [0, 0.05) is 36.2 Å². The van der Waals surface area contributed by atoms with Crippen molar-refractivity contribution < 1.29 is 9.66 Å². The van der Waals surface area contributed by atoms with Crippen molar-refractivity contribution in [2.75, 3.05) is 19.5 Å². The zero-order valence-electron chi connectivity index (χ0n) is 8.68. The summed E-state index contributed by atoms with van der Waals surface area (Å²) >= 11 is 4.53. The van der Waals surface area contributed by atoms with Gasteiger partial charge >= 0.3 is 5.69 Å². The van der Waals surface area contributed by atoms with Crippen molar-refractivity contribution in [3.05, 3.63) is 26.9 Å². The largest absolute Gasteiger partial charge is 0.385 e. The van der Waals surface area contributed by atoms with E-state index in [9.17, 15) is 10.1 Å². The van der Waals surface area contributed by atoms with Gasteiger partial charge in [0.25, 0.3) is 0 Å². The number of thioether (sulfide) groups is 1. The first kappa shape index (κ1) is 13.4. The third-order valence-electron chi connectivity index (χ3n) is 1.73. The second kappa shape index (κ2) is 6.82. The van der Waals surface area contributed by atoms with E-state index in [1.54, 1.807) is 13.3 Å². The first-order valence-electron chi connectivity index (χ1n) is 4.57. The van der Waals surface area contributed by atoms with E-state index in [2.05, 4.69) is 20.9 Å². The summed E-state index contributed by atoms with van der Waals surface area (Å²) in [4.78, 5) is 14.4. The molecule has 0 atom stereocenters. The molecule has 1 heterocycles. The molecule has 0 saturated heterocycles. The highest BCUT2D eigenvalue weighted by Gasteiger charge is 2.15. The molecule has 0 N–H and O–H groups in total. The summed E-state index contributed by atoms with van der Waals surface area (Å²) in [5.74, 6) is 0.753. The third kappa shape index (κ3) is 4.07. The van der Waals surface area contributed by atoms with Gasteiger partial charge in [-0.15, -0.1) is 0 Å². The lowest BCUT2D eigenvalue weighted by molar-refractivity contribution is -0.388. The lowest BCUT2D eigenvalue weighted by Crippen LogP contribution is -1.95. The molecule has 5 nitrogen and oxygen atoms in total. The Labute approximate surface area is 106 Å². The standard InChI is InChI=1S/C9H11BrN2O3S/c1-15-3-2-4-16-9-8(12(13)14)5-7(10)6-11-9/h5-6H,2-4H2,1H3. The van der Waals surface area contributed by atoms with Crippen molar-refractivity contribution in [3.63, 3.8) is 0 Å². The Balaban J connectivity index is 2.67. The Bertz CT molecular complexity index is 376. The number of ether oxygens (including phenoxy) is 1. The van der Waals surface area contributed by atoms with Crippen LogP contribution in [0.2, 0.25) is 0 Å². The zero-order valence-corrected chi connectivity index (χ0v) is 11.1. The normalized spacial score (nSPS) is 10.4. The van der Waals surface area contributed by atoms with Crippen molar-refractivity contribution >= 4 is 33.4 Å². The van der Waals surface area contributed by atoms with Crippen molar-refractivity contribution in [3.8, 4) is 0 Å². The molecule has 0 unspecified atom stereocenters. The van der Waals surface area contributed by atoms with Gasteiger partial charge in [-0.3, -0.25) is 10.1 Å². The highest BCUT2D eigenvalue weighted by Crippen LogP contribution is 2.29. The first-order chi connectivity index (χ1) is 7.65. The van der Waals surface area contributed by atoms with E-state index >= 15 is 0 Å². The van der Waals surface area contributed by atoms with Crippen molar-refractivity contribution in [2.24, 2.45) is 0 Å². The minimum absolute atomic E-state index is 0.0387. The van der Waals surface area contributed by atoms with Crippen LogP contribution < -0.4 is 0 Å². The topological polar surface area (TPSA) is 65.3 Å². The Morgan fingerprint density at radius 1 is 1.69 bits per heavy atom. The van der Waals surface area contributed by atoms with Crippen LogP contribution in [0.3, 0.4) is 0 Å². The number of rotatable bonds is 6. The number of aromatic nitrogens is 1. The highest BCUT2D eigenvalue weighted by molar-refractivity contribution is 9.10. The molecule has 0 bridgehead atoms. The minimum Gasteiger partial charge on any atom is -0.385 e. The number of pyridine rings is 1. The fraction of sp³-hybridized carbons (Fsp3) is 0.444. The molecule has 0 amide bonds. The average molecular weight is 307 g/mol. The minimum atomic E-state index is -0.420. The molecule has 0 aliphatic rings. The predicted octanol–water partition coefficient (Wildman–Crippen LogP) is 2.88. The monoisotopic (exact) mass is 306 g/mol. The molecule has 0 aromatic carbocycles. The Hall–Kier alpha value is -0.660. The van der Waals surface area contributed by atoms with Gasteiger partial charge < -0.3 is 4.74 Å². The SMILES string of the molecule is COCCCSc1ncc(Br)cc1[N+](=O)[O-]. The Morgan fingerprint density at radius 2 is 2.44 bits per heavy atom. The lowest BCUT2D eigenvalue weighted by atomic mass is 10.4. The maximum Gasteiger partial charge on any atom is 0.302 e. The molecule has 7 heteroatoms. The van der Waals surface area contributed by atoms with Crippen LogP contribution >= 0.6 is 27.7 Å². The summed E-state index contributed by atoms with van der Waals surface area (Å²) in [6.07, 6.45) is 2.40. The van der Waals surface area contributed by atoms with Crippen LogP contribution in [0.5, 0.6) is 0 Å². The van der Waals surface area contributed by atoms with Gasteiger partial charge in [0.15, 0.2) is 5.03 Å². The number of hydrogen-bond donors (Lipinski definition) is 0. The van der Waals surface area contributed by atoms with Gasteiger partial charge in [-0.2, -0.15) is 0 Å². The summed E-state index contributed by atoms with van der Waals surface area (Å²) in [7, 11) is 1.63. The van der Waals surface area contributed by atoms with Crippen LogP contribution in [0.25, 0.3) is 0 Å².